The van der Waals surface area contributed by atoms with Crippen LogP contribution >= 0.6 is 0 Å². The molecular formula is C22H25N3O6S2. The van der Waals surface area contributed by atoms with Crippen LogP contribution in [-0.2, 0) is 26.6 Å². The number of fused-ring (bicyclic) bond motifs is 1. The van der Waals surface area contributed by atoms with Gasteiger partial charge in [0.15, 0.2) is 0 Å². The molecule has 1 fully saturated rings. The fourth-order valence-electron chi connectivity index (χ4n) is 3.71. The third kappa shape index (κ3) is 4.53. The minimum absolute atomic E-state index is 0.0439. The van der Waals surface area contributed by atoms with E-state index in [2.05, 4.69) is 10.0 Å². The number of nitrogens with one attached hydrogen (secondary N) is 2. The predicted octanol–water partition coefficient (Wildman–Crippen LogP) is 2.00. The molecule has 2 amide bonds. The van der Waals surface area contributed by atoms with Gasteiger partial charge >= 0.3 is 0 Å². The molecule has 0 atom stereocenters. The number of hydrogen-bond acceptors (Lipinski definition) is 6. The van der Waals surface area contributed by atoms with Crippen molar-refractivity contribution in [1.29, 1.82) is 0 Å². The van der Waals surface area contributed by atoms with E-state index < -0.39 is 37.4 Å². The molecule has 0 bridgehead atoms. The van der Waals surface area contributed by atoms with Crippen molar-refractivity contribution in [3.63, 3.8) is 0 Å². The average molecular weight is 492 g/mol. The zero-order valence-electron chi connectivity index (χ0n) is 18.5. The Hall–Kier alpha value is -2.76. The summed E-state index contributed by atoms with van der Waals surface area (Å²) in [7, 11) is -7.81. The van der Waals surface area contributed by atoms with Gasteiger partial charge in [-0.05, 0) is 63.4 Å². The van der Waals surface area contributed by atoms with Gasteiger partial charge in [-0.2, -0.15) is 0 Å². The molecule has 0 spiro atoms. The van der Waals surface area contributed by atoms with E-state index in [1.807, 2.05) is 0 Å². The first-order chi connectivity index (χ1) is 15.3. The van der Waals surface area contributed by atoms with Crippen LogP contribution < -0.4 is 10.0 Å². The smallest absolute Gasteiger partial charge is 0.269 e. The standard InChI is InChI=1S/C22H25N3O6S2/c1-22(2,3)24-32(28,29)18-7-5-4-6-15(18)13-23-20(26)14-8-11-17-19(12-14)33(30,31)25(21(17)27)16-9-10-16/h4-8,11-12,16,24H,9-10,13H2,1-3H3,(H,23,26). The highest BCUT2D eigenvalue weighted by Crippen LogP contribution is 2.39. The topological polar surface area (TPSA) is 130 Å². The van der Waals surface area contributed by atoms with Crippen molar-refractivity contribution < 1.29 is 26.4 Å². The van der Waals surface area contributed by atoms with Crippen LogP contribution in [0.3, 0.4) is 0 Å². The predicted molar refractivity (Wildman–Crippen MR) is 121 cm³/mol. The number of sulfonamides is 2. The van der Waals surface area contributed by atoms with E-state index in [-0.39, 0.29) is 33.5 Å². The van der Waals surface area contributed by atoms with E-state index >= 15 is 0 Å². The van der Waals surface area contributed by atoms with Gasteiger partial charge in [-0.25, -0.2) is 25.9 Å². The number of hydrogen-bond donors (Lipinski definition) is 2. The second-order valence-corrected chi connectivity index (χ2v) is 12.6. The highest BCUT2D eigenvalue weighted by molar-refractivity contribution is 7.90. The molecular weight excluding hydrogens is 466 g/mol. The quantitative estimate of drug-likeness (QED) is 0.636. The first kappa shape index (κ1) is 23.4. The maximum absolute atomic E-state index is 12.8. The maximum atomic E-state index is 12.8. The summed E-state index contributed by atoms with van der Waals surface area (Å²) in [6, 6.07) is 9.93. The highest BCUT2D eigenvalue weighted by atomic mass is 32.2. The van der Waals surface area contributed by atoms with Gasteiger partial charge in [0, 0.05) is 23.7 Å². The summed E-state index contributed by atoms with van der Waals surface area (Å²) in [5.74, 6) is -1.15. The second kappa shape index (κ2) is 7.93. The van der Waals surface area contributed by atoms with Crippen molar-refractivity contribution in [2.75, 3.05) is 0 Å². The summed E-state index contributed by atoms with van der Waals surface area (Å²) in [5.41, 5.74) is -0.179. The molecule has 11 heteroatoms. The number of rotatable bonds is 6. The van der Waals surface area contributed by atoms with Crippen LogP contribution in [0.2, 0.25) is 0 Å². The molecule has 9 nitrogen and oxygen atoms in total. The minimum atomic E-state index is -3.98. The van der Waals surface area contributed by atoms with Crippen LogP contribution in [0, 0.1) is 0 Å². The van der Waals surface area contributed by atoms with Crippen LogP contribution in [0.4, 0.5) is 0 Å². The number of carbonyl (C=O) groups excluding carboxylic acids is 2. The van der Waals surface area contributed by atoms with Gasteiger partial charge < -0.3 is 5.32 Å². The Kier molecular flexibility index (Phi) is 5.62. The molecule has 33 heavy (non-hydrogen) atoms. The van der Waals surface area contributed by atoms with Gasteiger partial charge in [0.25, 0.3) is 21.8 Å². The van der Waals surface area contributed by atoms with Crippen molar-refractivity contribution in [2.24, 2.45) is 0 Å². The lowest BCUT2D eigenvalue weighted by molar-refractivity contribution is 0.0863. The molecule has 1 aliphatic carbocycles. The molecule has 2 aromatic carbocycles. The molecule has 2 aliphatic rings. The van der Waals surface area contributed by atoms with Crippen LogP contribution in [0.25, 0.3) is 0 Å². The highest BCUT2D eigenvalue weighted by Gasteiger charge is 2.48. The summed E-state index contributed by atoms with van der Waals surface area (Å²) in [6.07, 6.45) is 1.28. The van der Waals surface area contributed by atoms with Gasteiger partial charge in [-0.1, -0.05) is 18.2 Å². The Labute approximate surface area is 193 Å². The fourth-order valence-corrected chi connectivity index (χ4v) is 7.21. The molecule has 1 aliphatic heterocycles. The van der Waals surface area contributed by atoms with Crippen LogP contribution in [0.1, 0.15) is 59.9 Å². The number of benzene rings is 2. The summed E-state index contributed by atoms with van der Waals surface area (Å²) in [4.78, 5) is 25.1. The molecule has 2 aromatic rings. The molecule has 1 heterocycles. The number of carbonyl (C=O) groups is 2. The lowest BCUT2D eigenvalue weighted by Gasteiger charge is -2.21. The van der Waals surface area contributed by atoms with Gasteiger partial charge in [-0.15, -0.1) is 0 Å². The van der Waals surface area contributed by atoms with Crippen molar-refractivity contribution in [1.82, 2.24) is 14.3 Å². The fraction of sp³-hybridized carbons (Fsp3) is 0.364. The Morgan fingerprint density at radius 2 is 1.79 bits per heavy atom. The van der Waals surface area contributed by atoms with Crippen LogP contribution in [0.15, 0.2) is 52.3 Å². The van der Waals surface area contributed by atoms with Gasteiger partial charge in [0.2, 0.25) is 10.0 Å². The van der Waals surface area contributed by atoms with E-state index in [1.54, 1.807) is 39.0 Å². The lowest BCUT2D eigenvalue weighted by atomic mass is 10.1. The van der Waals surface area contributed by atoms with Crippen LogP contribution in [0.5, 0.6) is 0 Å². The SMILES string of the molecule is CC(C)(C)NS(=O)(=O)c1ccccc1CNC(=O)c1ccc2c(c1)S(=O)(=O)N(C1CC1)C2=O. The summed E-state index contributed by atoms with van der Waals surface area (Å²) in [5, 5.41) is 2.64. The van der Waals surface area contributed by atoms with E-state index in [9.17, 15) is 26.4 Å². The normalized spacial score (nSPS) is 17.7. The Bertz CT molecular complexity index is 1360. The van der Waals surface area contributed by atoms with Gasteiger partial charge in [0.05, 0.1) is 10.5 Å². The summed E-state index contributed by atoms with van der Waals surface area (Å²) >= 11 is 0. The van der Waals surface area contributed by atoms with Crippen molar-refractivity contribution >= 4 is 31.9 Å². The zero-order valence-corrected chi connectivity index (χ0v) is 20.1. The molecule has 0 radical (unpaired) electrons. The lowest BCUT2D eigenvalue weighted by Crippen LogP contribution is -2.41. The molecule has 0 saturated heterocycles. The monoisotopic (exact) mass is 491 g/mol. The van der Waals surface area contributed by atoms with Crippen LogP contribution in [-0.4, -0.2) is 44.5 Å². The van der Waals surface area contributed by atoms with E-state index in [0.29, 0.717) is 18.4 Å². The van der Waals surface area contributed by atoms with Gasteiger partial charge in [0.1, 0.15) is 4.90 Å². The maximum Gasteiger partial charge on any atom is 0.269 e. The zero-order chi connectivity index (χ0) is 24.2. The van der Waals surface area contributed by atoms with E-state index in [4.69, 9.17) is 0 Å². The Morgan fingerprint density at radius 3 is 2.42 bits per heavy atom. The molecule has 0 aromatic heterocycles. The van der Waals surface area contributed by atoms with E-state index in [0.717, 1.165) is 4.31 Å². The first-order valence-corrected chi connectivity index (χ1v) is 13.4. The molecule has 0 unspecified atom stereocenters. The average Bonchev–Trinajstić information content (AvgIpc) is 3.51. The van der Waals surface area contributed by atoms with Crippen molar-refractivity contribution in [3.8, 4) is 0 Å². The first-order valence-electron chi connectivity index (χ1n) is 10.4. The third-order valence-electron chi connectivity index (χ3n) is 5.23. The summed E-state index contributed by atoms with van der Waals surface area (Å²) in [6.45, 7) is 5.10. The largest absolute Gasteiger partial charge is 0.348 e. The molecule has 1 saturated carbocycles. The van der Waals surface area contributed by atoms with Crippen molar-refractivity contribution in [2.45, 2.75) is 61.5 Å². The molecule has 2 N–H and O–H groups in total. The molecule has 176 valence electrons. The Balaban J connectivity index is 1.55. The minimum Gasteiger partial charge on any atom is -0.348 e. The number of nitrogens with zero attached hydrogens (tertiary/aromatic N) is 1. The Morgan fingerprint density at radius 1 is 1.12 bits per heavy atom. The summed E-state index contributed by atoms with van der Waals surface area (Å²) < 4.78 is 54.6. The van der Waals surface area contributed by atoms with Gasteiger partial charge in [-0.3, -0.25) is 9.59 Å². The number of amides is 2. The third-order valence-corrected chi connectivity index (χ3v) is 8.97. The second-order valence-electron chi connectivity index (χ2n) is 9.19. The molecule has 4 rings (SSSR count). The van der Waals surface area contributed by atoms with Crippen molar-refractivity contribution in [3.05, 3.63) is 59.2 Å². The van der Waals surface area contributed by atoms with E-state index in [1.165, 1.54) is 24.3 Å².